The number of hydrogen-bond acceptors (Lipinski definition) is 9. The van der Waals surface area contributed by atoms with E-state index in [2.05, 4.69) is 0 Å². The minimum atomic E-state index is -0.742. The van der Waals surface area contributed by atoms with Gasteiger partial charge in [-0.05, 0) is 54.3 Å². The molecule has 1 saturated heterocycles. The van der Waals surface area contributed by atoms with Crippen LogP contribution in [0.2, 0.25) is 0 Å². The average Bonchev–Trinajstić information content (AvgIpc) is 3.12. The Morgan fingerprint density at radius 2 is 1.77 bits per heavy atom. The Morgan fingerprint density at radius 1 is 1.03 bits per heavy atom. The highest BCUT2D eigenvalue weighted by Crippen LogP contribution is 2.38. The molecule has 0 N–H and O–H groups in total. The number of nitro groups is 2. The Labute approximate surface area is 213 Å². The minimum absolute atomic E-state index is 0.123. The number of ether oxygens (including phenoxy) is 1. The van der Waals surface area contributed by atoms with Gasteiger partial charge in [-0.3, -0.25) is 29.9 Å². The number of hydrogen-bond donors (Lipinski definition) is 0. The number of nitro benzene ring substituents is 2. The summed E-state index contributed by atoms with van der Waals surface area (Å²) in [5.74, 6) is -0.0534. The lowest BCUT2D eigenvalue weighted by atomic mass is 10.2. The zero-order valence-electron chi connectivity index (χ0n) is 17.9. The lowest BCUT2D eigenvalue weighted by Crippen LogP contribution is -2.27. The molecule has 3 aromatic carbocycles. The first-order chi connectivity index (χ1) is 16.8. The zero-order valence-corrected chi connectivity index (χ0v) is 20.4. The third-order valence-corrected chi connectivity index (χ3v) is 6.89. The number of benzene rings is 3. The van der Waals surface area contributed by atoms with Crippen LogP contribution in [-0.4, -0.2) is 26.3 Å². The third-order valence-electron chi connectivity index (χ3n) is 4.86. The summed E-state index contributed by atoms with van der Waals surface area (Å²) in [6.07, 6.45) is 3.66. The van der Waals surface area contributed by atoms with Crippen molar-refractivity contribution in [2.45, 2.75) is 4.90 Å². The molecule has 0 saturated carbocycles. The summed E-state index contributed by atoms with van der Waals surface area (Å²) in [5.41, 5.74) is 0.486. The van der Waals surface area contributed by atoms with E-state index >= 15 is 0 Å². The van der Waals surface area contributed by atoms with Crippen molar-refractivity contribution in [2.24, 2.45) is 0 Å². The molecule has 0 bridgehead atoms. The SMILES string of the molecule is CSc1cccc(N2C(=O)/C(=C\c3ccc(Oc4ccc([N+](=O)[O-])cc4[N+](=O)[O-])cc3)SC2=S)c1. The van der Waals surface area contributed by atoms with Crippen LogP contribution in [-0.2, 0) is 4.79 Å². The fourth-order valence-corrected chi connectivity index (χ4v) is 4.95. The summed E-state index contributed by atoms with van der Waals surface area (Å²) < 4.78 is 6.01. The first-order valence-corrected chi connectivity index (χ1v) is 12.3. The molecule has 1 heterocycles. The first kappa shape index (κ1) is 24.4. The van der Waals surface area contributed by atoms with E-state index in [0.717, 1.165) is 17.0 Å². The summed E-state index contributed by atoms with van der Waals surface area (Å²) in [6.45, 7) is 0. The molecule has 1 aliphatic rings. The second-order valence-electron chi connectivity index (χ2n) is 7.06. The largest absolute Gasteiger partial charge is 0.450 e. The van der Waals surface area contributed by atoms with Crippen LogP contribution in [0.3, 0.4) is 0 Å². The number of thioether (sulfide) groups is 2. The summed E-state index contributed by atoms with van der Waals surface area (Å²) in [6, 6.07) is 17.3. The number of carbonyl (C=O) groups excluding carboxylic acids is 1. The van der Waals surface area contributed by atoms with Gasteiger partial charge in [-0.25, -0.2) is 0 Å². The van der Waals surface area contributed by atoms with Crippen LogP contribution in [0.4, 0.5) is 17.1 Å². The molecule has 12 heteroatoms. The molecule has 0 atom stereocenters. The van der Waals surface area contributed by atoms with Crippen molar-refractivity contribution in [3.05, 3.63) is 97.4 Å². The number of anilines is 1. The van der Waals surface area contributed by atoms with Gasteiger partial charge in [0.15, 0.2) is 4.32 Å². The number of rotatable bonds is 7. The molecular formula is C23H15N3O6S3. The van der Waals surface area contributed by atoms with E-state index in [4.69, 9.17) is 17.0 Å². The molecule has 1 aliphatic heterocycles. The lowest BCUT2D eigenvalue weighted by molar-refractivity contribution is -0.394. The first-order valence-electron chi connectivity index (χ1n) is 9.89. The standard InChI is InChI=1S/C23H15N3O6S3/c1-34-18-4-2-3-15(12-18)24-22(27)21(35-23(24)33)11-14-5-8-17(9-6-14)32-20-10-7-16(25(28)29)13-19(20)26(30)31/h2-13H,1H3/b21-11+. The normalized spacial score (nSPS) is 14.4. The highest BCUT2D eigenvalue weighted by Gasteiger charge is 2.33. The van der Waals surface area contributed by atoms with Crippen molar-refractivity contribution in [2.75, 3.05) is 11.2 Å². The van der Waals surface area contributed by atoms with Crippen LogP contribution in [0.15, 0.2) is 76.5 Å². The second kappa shape index (κ2) is 10.3. The van der Waals surface area contributed by atoms with Gasteiger partial charge in [-0.15, -0.1) is 11.8 Å². The van der Waals surface area contributed by atoms with Crippen molar-refractivity contribution in [1.82, 2.24) is 0 Å². The Morgan fingerprint density at radius 3 is 2.43 bits per heavy atom. The monoisotopic (exact) mass is 525 g/mol. The van der Waals surface area contributed by atoms with Crippen molar-refractivity contribution < 1.29 is 19.4 Å². The maximum absolute atomic E-state index is 13.0. The molecule has 0 spiro atoms. The summed E-state index contributed by atoms with van der Waals surface area (Å²) in [4.78, 5) is 36.7. The molecule has 176 valence electrons. The molecule has 0 unspecified atom stereocenters. The topological polar surface area (TPSA) is 116 Å². The number of carbonyl (C=O) groups is 1. The third kappa shape index (κ3) is 5.34. The zero-order chi connectivity index (χ0) is 25.1. The number of non-ortho nitro benzene ring substituents is 1. The van der Waals surface area contributed by atoms with Gasteiger partial charge in [0.2, 0.25) is 5.75 Å². The van der Waals surface area contributed by atoms with Crippen molar-refractivity contribution in [1.29, 1.82) is 0 Å². The summed E-state index contributed by atoms with van der Waals surface area (Å²) in [5, 5.41) is 22.2. The van der Waals surface area contributed by atoms with Gasteiger partial charge < -0.3 is 4.74 Å². The smallest absolute Gasteiger partial charge is 0.318 e. The minimum Gasteiger partial charge on any atom is -0.450 e. The van der Waals surface area contributed by atoms with Crippen LogP contribution >= 0.6 is 35.7 Å². The number of amides is 1. The molecule has 4 rings (SSSR count). The Balaban J connectivity index is 1.53. The van der Waals surface area contributed by atoms with Crippen LogP contribution < -0.4 is 9.64 Å². The van der Waals surface area contributed by atoms with Gasteiger partial charge in [0, 0.05) is 11.0 Å². The molecule has 35 heavy (non-hydrogen) atoms. The van der Waals surface area contributed by atoms with Crippen LogP contribution in [0.5, 0.6) is 11.5 Å². The quantitative estimate of drug-likeness (QED) is 0.113. The highest BCUT2D eigenvalue weighted by molar-refractivity contribution is 8.27. The highest BCUT2D eigenvalue weighted by atomic mass is 32.2. The predicted octanol–water partition coefficient (Wildman–Crippen LogP) is 6.42. The van der Waals surface area contributed by atoms with E-state index in [1.165, 1.54) is 22.7 Å². The summed E-state index contributed by atoms with van der Waals surface area (Å²) >= 11 is 8.20. The summed E-state index contributed by atoms with van der Waals surface area (Å²) in [7, 11) is 0. The van der Waals surface area contributed by atoms with Gasteiger partial charge in [-0.2, -0.15) is 0 Å². The van der Waals surface area contributed by atoms with Gasteiger partial charge in [0.05, 0.1) is 26.5 Å². The van der Waals surface area contributed by atoms with E-state index in [1.54, 1.807) is 42.1 Å². The molecule has 0 aliphatic carbocycles. The Hall–Kier alpha value is -3.74. The molecular weight excluding hydrogens is 510 g/mol. The van der Waals surface area contributed by atoms with E-state index in [-0.39, 0.29) is 11.7 Å². The van der Waals surface area contributed by atoms with Crippen molar-refractivity contribution in [3.8, 4) is 11.5 Å². The van der Waals surface area contributed by atoms with Gasteiger partial charge in [0.25, 0.3) is 11.6 Å². The molecule has 3 aromatic rings. The maximum Gasteiger partial charge on any atom is 0.318 e. The van der Waals surface area contributed by atoms with Gasteiger partial charge in [-0.1, -0.05) is 42.2 Å². The van der Waals surface area contributed by atoms with E-state index in [9.17, 15) is 25.0 Å². The molecule has 0 radical (unpaired) electrons. The van der Waals surface area contributed by atoms with E-state index in [1.807, 2.05) is 30.5 Å². The van der Waals surface area contributed by atoms with Crippen LogP contribution in [0.25, 0.3) is 6.08 Å². The van der Waals surface area contributed by atoms with E-state index in [0.29, 0.717) is 26.2 Å². The fraction of sp³-hybridized carbons (Fsp3) is 0.0435. The predicted molar refractivity (Wildman–Crippen MR) is 140 cm³/mol. The van der Waals surface area contributed by atoms with Gasteiger partial charge in [0.1, 0.15) is 5.75 Å². The lowest BCUT2D eigenvalue weighted by Gasteiger charge is -2.15. The molecule has 1 amide bonds. The fourth-order valence-electron chi connectivity index (χ4n) is 3.20. The van der Waals surface area contributed by atoms with Crippen molar-refractivity contribution >= 4 is 69.1 Å². The van der Waals surface area contributed by atoms with Gasteiger partial charge >= 0.3 is 5.69 Å². The van der Waals surface area contributed by atoms with E-state index < -0.39 is 21.2 Å². The average molecular weight is 526 g/mol. The van der Waals surface area contributed by atoms with Crippen LogP contribution in [0.1, 0.15) is 5.56 Å². The number of thiocarbonyl (C=S) groups is 1. The number of nitrogens with zero attached hydrogens (tertiary/aromatic N) is 3. The maximum atomic E-state index is 13.0. The van der Waals surface area contributed by atoms with Crippen LogP contribution in [0, 0.1) is 20.2 Å². The molecule has 9 nitrogen and oxygen atoms in total. The Bertz CT molecular complexity index is 1390. The molecule has 0 aromatic heterocycles. The van der Waals surface area contributed by atoms with Crippen molar-refractivity contribution in [3.63, 3.8) is 0 Å². The second-order valence-corrected chi connectivity index (χ2v) is 9.61. The molecule has 1 fully saturated rings. The Kier molecular flexibility index (Phi) is 7.15.